The molecular formula is C12H12N4. The van der Waals surface area contributed by atoms with Gasteiger partial charge in [0.05, 0.1) is 11.6 Å². The van der Waals surface area contributed by atoms with E-state index in [1.54, 1.807) is 12.3 Å². The lowest BCUT2D eigenvalue weighted by Crippen LogP contribution is -2.31. The minimum atomic E-state index is 0.731. The molecule has 2 aliphatic heterocycles. The summed E-state index contributed by atoms with van der Waals surface area (Å²) in [6.07, 6.45) is 3.56. The van der Waals surface area contributed by atoms with Gasteiger partial charge in [-0.3, -0.25) is 0 Å². The Morgan fingerprint density at radius 3 is 3.25 bits per heavy atom. The minimum absolute atomic E-state index is 0.731. The molecule has 2 aliphatic rings. The van der Waals surface area contributed by atoms with Crippen LogP contribution in [0.1, 0.15) is 17.5 Å². The van der Waals surface area contributed by atoms with E-state index in [0.717, 1.165) is 42.9 Å². The molecule has 0 unspecified atom stereocenters. The monoisotopic (exact) mass is 212 g/mol. The Hall–Kier alpha value is -1.86. The zero-order valence-electron chi connectivity index (χ0n) is 8.88. The number of nitrogens with zero attached hydrogens (tertiary/aromatic N) is 2. The molecule has 0 radical (unpaired) electrons. The molecule has 4 heteroatoms. The lowest BCUT2D eigenvalue weighted by molar-refractivity contribution is 0.660. The van der Waals surface area contributed by atoms with Crippen LogP contribution in [0.25, 0.3) is 0 Å². The molecule has 0 bridgehead atoms. The third-order valence-corrected chi connectivity index (χ3v) is 3.15. The summed E-state index contributed by atoms with van der Waals surface area (Å²) >= 11 is 0. The summed E-state index contributed by atoms with van der Waals surface area (Å²) in [6, 6.07) is 4.01. The predicted octanol–water partition coefficient (Wildman–Crippen LogP) is 1.17. The van der Waals surface area contributed by atoms with Gasteiger partial charge in [-0.15, -0.1) is 0 Å². The maximum atomic E-state index is 9.05. The summed E-state index contributed by atoms with van der Waals surface area (Å²) in [4.78, 5) is 4.30. The maximum absolute atomic E-state index is 9.05. The number of rotatable bonds is 0. The van der Waals surface area contributed by atoms with E-state index in [-0.39, 0.29) is 0 Å². The van der Waals surface area contributed by atoms with Crippen LogP contribution in [-0.4, -0.2) is 18.1 Å². The molecule has 1 aromatic rings. The lowest BCUT2D eigenvalue weighted by atomic mass is 9.93. The van der Waals surface area contributed by atoms with Gasteiger partial charge in [0.25, 0.3) is 0 Å². The number of aromatic nitrogens is 1. The zero-order valence-corrected chi connectivity index (χ0v) is 8.88. The van der Waals surface area contributed by atoms with Gasteiger partial charge < -0.3 is 10.6 Å². The highest BCUT2D eigenvalue weighted by molar-refractivity contribution is 5.61. The molecule has 0 saturated heterocycles. The number of anilines is 1. The van der Waals surface area contributed by atoms with Gasteiger partial charge in [-0.1, -0.05) is 0 Å². The van der Waals surface area contributed by atoms with Gasteiger partial charge >= 0.3 is 0 Å². The van der Waals surface area contributed by atoms with Crippen molar-refractivity contribution in [3.05, 3.63) is 34.7 Å². The van der Waals surface area contributed by atoms with Gasteiger partial charge in [0.15, 0.2) is 0 Å². The molecule has 0 fully saturated rings. The summed E-state index contributed by atoms with van der Waals surface area (Å²) in [6.45, 7) is 1.93. The molecule has 0 spiro atoms. The normalized spacial score (nSPS) is 18.2. The third-order valence-electron chi connectivity index (χ3n) is 3.15. The highest BCUT2D eigenvalue weighted by atomic mass is 15.0. The molecule has 80 valence electrons. The highest BCUT2D eigenvalue weighted by Gasteiger charge is 2.22. The van der Waals surface area contributed by atoms with Gasteiger partial charge in [0, 0.05) is 43.4 Å². The third kappa shape index (κ3) is 1.37. The van der Waals surface area contributed by atoms with Crippen molar-refractivity contribution in [2.75, 3.05) is 18.4 Å². The molecule has 0 aromatic carbocycles. The van der Waals surface area contributed by atoms with Crippen LogP contribution in [0.5, 0.6) is 0 Å². The number of hydrogen-bond donors (Lipinski definition) is 2. The lowest BCUT2D eigenvalue weighted by Gasteiger charge is -2.28. The van der Waals surface area contributed by atoms with Gasteiger partial charge in [0.1, 0.15) is 5.82 Å². The summed E-state index contributed by atoms with van der Waals surface area (Å²) in [5.74, 6) is 0.861. The van der Waals surface area contributed by atoms with Crippen molar-refractivity contribution in [1.29, 1.82) is 5.26 Å². The average Bonchev–Trinajstić information content (AvgIpc) is 2.35. The number of nitrogens with one attached hydrogen (secondary N) is 2. The minimum Gasteiger partial charge on any atom is -0.343 e. The Bertz CT molecular complexity index is 510. The van der Waals surface area contributed by atoms with Crippen molar-refractivity contribution >= 4 is 5.82 Å². The van der Waals surface area contributed by atoms with E-state index in [0.29, 0.717) is 0 Å². The standard InChI is InChI=1S/C12H12N4/c13-6-8-1-4-15-12-10(8)5-9-7-14-3-2-11(9)16-12/h1,4,14H,2-3,5,7H2,(H,15,16). The van der Waals surface area contributed by atoms with Crippen LogP contribution in [0.3, 0.4) is 0 Å². The van der Waals surface area contributed by atoms with Crippen molar-refractivity contribution < 1.29 is 0 Å². The topological polar surface area (TPSA) is 60.7 Å². The fourth-order valence-electron chi connectivity index (χ4n) is 2.30. The van der Waals surface area contributed by atoms with Crippen molar-refractivity contribution in [1.82, 2.24) is 10.3 Å². The van der Waals surface area contributed by atoms with Crippen LogP contribution in [0, 0.1) is 11.3 Å². The molecule has 0 amide bonds. The first-order valence-corrected chi connectivity index (χ1v) is 5.45. The molecule has 2 N–H and O–H groups in total. The first-order chi connectivity index (χ1) is 7.88. The zero-order chi connectivity index (χ0) is 11.0. The molecule has 0 aliphatic carbocycles. The van der Waals surface area contributed by atoms with Crippen molar-refractivity contribution in [3.63, 3.8) is 0 Å². The fourth-order valence-corrected chi connectivity index (χ4v) is 2.30. The highest BCUT2D eigenvalue weighted by Crippen LogP contribution is 2.30. The summed E-state index contributed by atoms with van der Waals surface area (Å²) in [5, 5.41) is 15.8. The largest absolute Gasteiger partial charge is 0.343 e. The van der Waals surface area contributed by atoms with Gasteiger partial charge in [-0.25, -0.2) is 4.98 Å². The molecule has 4 nitrogen and oxygen atoms in total. The summed E-state index contributed by atoms with van der Waals surface area (Å²) in [7, 11) is 0. The van der Waals surface area contributed by atoms with Crippen molar-refractivity contribution in [2.24, 2.45) is 0 Å². The van der Waals surface area contributed by atoms with E-state index < -0.39 is 0 Å². The smallest absolute Gasteiger partial charge is 0.134 e. The molecule has 0 saturated carbocycles. The van der Waals surface area contributed by atoms with Gasteiger partial charge in [-0.05, 0) is 11.6 Å². The second-order valence-electron chi connectivity index (χ2n) is 4.11. The van der Waals surface area contributed by atoms with E-state index in [2.05, 4.69) is 21.7 Å². The molecule has 3 rings (SSSR count). The number of pyridine rings is 1. The Kier molecular flexibility index (Phi) is 2.12. The number of fused-ring (bicyclic) bond motifs is 1. The molecule has 1 aromatic heterocycles. The molecule has 16 heavy (non-hydrogen) atoms. The number of nitriles is 1. The van der Waals surface area contributed by atoms with Crippen LogP contribution in [0.15, 0.2) is 23.5 Å². The Morgan fingerprint density at radius 2 is 2.38 bits per heavy atom. The fraction of sp³-hybridized carbons (Fsp3) is 0.333. The predicted molar refractivity (Wildman–Crippen MR) is 60.8 cm³/mol. The summed E-state index contributed by atoms with van der Waals surface area (Å²) < 4.78 is 0. The van der Waals surface area contributed by atoms with Crippen LogP contribution >= 0.6 is 0 Å². The first kappa shape index (κ1) is 9.37. The Morgan fingerprint density at radius 1 is 1.44 bits per heavy atom. The first-order valence-electron chi connectivity index (χ1n) is 5.45. The van der Waals surface area contributed by atoms with Gasteiger partial charge in [0.2, 0.25) is 0 Å². The Labute approximate surface area is 94.0 Å². The van der Waals surface area contributed by atoms with Crippen LogP contribution in [0.2, 0.25) is 0 Å². The maximum Gasteiger partial charge on any atom is 0.134 e. The van der Waals surface area contributed by atoms with E-state index in [4.69, 9.17) is 5.26 Å². The van der Waals surface area contributed by atoms with E-state index in [1.165, 1.54) is 11.3 Å². The number of hydrogen-bond acceptors (Lipinski definition) is 4. The van der Waals surface area contributed by atoms with Gasteiger partial charge in [-0.2, -0.15) is 5.26 Å². The molecule has 3 heterocycles. The Balaban J connectivity index is 2.05. The van der Waals surface area contributed by atoms with Crippen LogP contribution in [0.4, 0.5) is 5.82 Å². The van der Waals surface area contributed by atoms with Crippen LogP contribution in [-0.2, 0) is 6.42 Å². The second-order valence-corrected chi connectivity index (χ2v) is 4.11. The molecular weight excluding hydrogens is 200 g/mol. The molecule has 0 atom stereocenters. The SMILES string of the molecule is N#Cc1ccnc2c1CC1=C(CCNC1)N2. The van der Waals surface area contributed by atoms with Crippen molar-refractivity contribution in [2.45, 2.75) is 12.8 Å². The van der Waals surface area contributed by atoms with E-state index in [1.807, 2.05) is 0 Å². The van der Waals surface area contributed by atoms with E-state index in [9.17, 15) is 0 Å². The van der Waals surface area contributed by atoms with E-state index >= 15 is 0 Å². The van der Waals surface area contributed by atoms with Crippen molar-refractivity contribution in [3.8, 4) is 6.07 Å². The second kappa shape index (κ2) is 3.62. The average molecular weight is 212 g/mol. The summed E-state index contributed by atoms with van der Waals surface area (Å²) in [5.41, 5.74) is 4.42. The van der Waals surface area contributed by atoms with Crippen LogP contribution < -0.4 is 10.6 Å². The quantitative estimate of drug-likeness (QED) is 0.677.